The van der Waals surface area contributed by atoms with Gasteiger partial charge in [-0.1, -0.05) is 23.2 Å². The lowest BCUT2D eigenvalue weighted by molar-refractivity contribution is 0.0504. The molecule has 0 N–H and O–H groups in total. The number of alkyl halides is 1. The minimum Gasteiger partial charge on any atom is -0.379 e. The molecule has 3 aromatic rings. The van der Waals surface area contributed by atoms with Gasteiger partial charge in [-0.25, -0.2) is 9.37 Å². The monoisotopic (exact) mass is 510 g/mol. The van der Waals surface area contributed by atoms with Crippen LogP contribution < -0.4 is 0 Å². The molecule has 33 heavy (non-hydrogen) atoms. The third-order valence-corrected chi connectivity index (χ3v) is 7.24. The van der Waals surface area contributed by atoms with Gasteiger partial charge in [0.2, 0.25) is 0 Å². The zero-order chi connectivity index (χ0) is 22.9. The molecule has 1 unspecified atom stereocenters. The number of hydrogen-bond donors (Lipinski definition) is 0. The maximum atomic E-state index is 13.4. The number of benzene rings is 1. The predicted molar refractivity (Wildman–Crippen MR) is 123 cm³/mol. The second-order valence-electron chi connectivity index (χ2n) is 8.00. The van der Waals surface area contributed by atoms with E-state index in [1.54, 1.807) is 23.1 Å². The third-order valence-electron chi connectivity index (χ3n) is 5.78. The van der Waals surface area contributed by atoms with Gasteiger partial charge < -0.3 is 14.2 Å². The zero-order valence-electron chi connectivity index (χ0n) is 17.6. The molecule has 1 aromatic carbocycles. The number of carbonyl (C=O) groups excluding carboxylic acids is 1. The largest absolute Gasteiger partial charge is 0.379 e. The molecule has 0 radical (unpaired) electrons. The Balaban J connectivity index is 1.44. The molecule has 1 aliphatic carbocycles. The molecule has 174 valence electrons. The summed E-state index contributed by atoms with van der Waals surface area (Å²) in [7, 11) is 0. The molecule has 1 saturated carbocycles. The molecule has 0 saturated heterocycles. The zero-order valence-corrected chi connectivity index (χ0v) is 19.9. The van der Waals surface area contributed by atoms with Gasteiger partial charge in [0.15, 0.2) is 16.7 Å². The highest BCUT2D eigenvalue weighted by Gasteiger charge is 2.36. The first kappa shape index (κ1) is 22.6. The second-order valence-corrected chi connectivity index (χ2v) is 9.56. The Bertz CT molecular complexity index is 1170. The third kappa shape index (κ3) is 4.62. The number of amides is 1. The van der Waals surface area contributed by atoms with Gasteiger partial charge in [-0.3, -0.25) is 4.79 Å². The van der Waals surface area contributed by atoms with Crippen molar-refractivity contribution >= 4 is 40.6 Å². The molecule has 2 aromatic heterocycles. The summed E-state index contributed by atoms with van der Waals surface area (Å²) in [4.78, 5) is 19.8. The van der Waals surface area contributed by atoms with Crippen LogP contribution in [0.3, 0.4) is 0 Å². The quantitative estimate of drug-likeness (QED) is 0.413. The Hall–Kier alpha value is -2.14. The Morgan fingerprint density at radius 1 is 1.18 bits per heavy atom. The fourth-order valence-corrected chi connectivity index (χ4v) is 4.99. The predicted octanol–water partition coefficient (Wildman–Crippen LogP) is 4.55. The minimum absolute atomic E-state index is 0.0140. The highest BCUT2D eigenvalue weighted by molar-refractivity contribution is 7.09. The summed E-state index contributed by atoms with van der Waals surface area (Å²) in [5.41, 5.74) is 0.436. The maximum Gasteiger partial charge on any atom is 0.254 e. The van der Waals surface area contributed by atoms with Gasteiger partial charge >= 0.3 is 0 Å². The molecule has 0 bridgehead atoms. The van der Waals surface area contributed by atoms with Crippen molar-refractivity contribution in [3.8, 4) is 10.8 Å². The SMILES string of the molecule is O=C(c1ccc(Cl)c(Cl)c1)N1CCn2c(-c3nc(C4CC4)ns3)nnc2C1CCOCCF. The number of hydrogen-bond acceptors (Lipinski definition) is 7. The van der Waals surface area contributed by atoms with Crippen molar-refractivity contribution in [2.75, 3.05) is 26.4 Å². The van der Waals surface area contributed by atoms with Crippen LogP contribution >= 0.6 is 34.7 Å². The van der Waals surface area contributed by atoms with E-state index in [2.05, 4.69) is 19.6 Å². The normalized spacial score (nSPS) is 17.9. The van der Waals surface area contributed by atoms with E-state index in [0.29, 0.717) is 52.7 Å². The van der Waals surface area contributed by atoms with Crippen LogP contribution in [-0.2, 0) is 11.3 Å². The van der Waals surface area contributed by atoms with Crippen molar-refractivity contribution in [3.63, 3.8) is 0 Å². The van der Waals surface area contributed by atoms with E-state index in [-0.39, 0.29) is 19.1 Å². The standard InChI is InChI=1S/C21H21Cl2FN6O2S/c22-14-4-3-13(11-15(14)23)21(31)29-7-8-30-18(16(29)5-9-32-10-6-24)26-27-19(30)20-25-17(28-33-20)12-1-2-12/h3-4,11-12,16H,1-2,5-10H2. The average Bonchev–Trinajstić information content (AvgIpc) is 3.39. The Morgan fingerprint density at radius 2 is 2.03 bits per heavy atom. The molecular weight excluding hydrogens is 490 g/mol. The second kappa shape index (κ2) is 9.61. The van der Waals surface area contributed by atoms with E-state index in [1.807, 2.05) is 4.57 Å². The van der Waals surface area contributed by atoms with E-state index in [9.17, 15) is 9.18 Å². The molecule has 3 heterocycles. The van der Waals surface area contributed by atoms with Crippen molar-refractivity contribution < 1.29 is 13.9 Å². The number of fused-ring (bicyclic) bond motifs is 1. The summed E-state index contributed by atoms with van der Waals surface area (Å²) in [5, 5.41) is 10.2. The number of ether oxygens (including phenoxy) is 1. The first-order valence-corrected chi connectivity index (χ1v) is 12.3. The van der Waals surface area contributed by atoms with Gasteiger partial charge in [0.25, 0.3) is 5.91 Å². The van der Waals surface area contributed by atoms with E-state index < -0.39 is 12.7 Å². The highest BCUT2D eigenvalue weighted by atomic mass is 35.5. The molecule has 1 aliphatic heterocycles. The van der Waals surface area contributed by atoms with Crippen LogP contribution in [0.15, 0.2) is 18.2 Å². The fraction of sp³-hybridized carbons (Fsp3) is 0.476. The van der Waals surface area contributed by atoms with Crippen LogP contribution in [-0.4, -0.2) is 61.4 Å². The summed E-state index contributed by atoms with van der Waals surface area (Å²) in [6, 6.07) is 4.43. The average molecular weight is 511 g/mol. The number of nitrogens with zero attached hydrogens (tertiary/aromatic N) is 6. The molecule has 12 heteroatoms. The highest BCUT2D eigenvalue weighted by Crippen LogP contribution is 2.40. The molecule has 1 amide bonds. The van der Waals surface area contributed by atoms with Gasteiger partial charge in [0, 0.05) is 31.2 Å². The number of halogens is 3. The summed E-state index contributed by atoms with van der Waals surface area (Å²) in [5.74, 6) is 2.45. The van der Waals surface area contributed by atoms with Crippen molar-refractivity contribution in [2.45, 2.75) is 37.8 Å². The van der Waals surface area contributed by atoms with E-state index in [0.717, 1.165) is 23.7 Å². The molecule has 1 fully saturated rings. The maximum absolute atomic E-state index is 13.4. The molecule has 5 rings (SSSR count). The lowest BCUT2D eigenvalue weighted by Gasteiger charge is -2.36. The molecule has 2 aliphatic rings. The molecule has 0 spiro atoms. The van der Waals surface area contributed by atoms with Crippen LogP contribution in [0.4, 0.5) is 4.39 Å². The topological polar surface area (TPSA) is 86.0 Å². The van der Waals surface area contributed by atoms with Crippen LogP contribution in [0.5, 0.6) is 0 Å². The van der Waals surface area contributed by atoms with Crippen molar-refractivity contribution in [3.05, 3.63) is 45.5 Å². The molecular formula is C21H21Cl2FN6O2S. The minimum atomic E-state index is -0.558. The van der Waals surface area contributed by atoms with E-state index >= 15 is 0 Å². The lowest BCUT2D eigenvalue weighted by atomic mass is 10.1. The summed E-state index contributed by atoms with van der Waals surface area (Å²) in [6.07, 6.45) is 2.70. The summed E-state index contributed by atoms with van der Waals surface area (Å²) in [6.45, 7) is 0.702. The van der Waals surface area contributed by atoms with Gasteiger partial charge in [-0.05, 0) is 49.0 Å². The van der Waals surface area contributed by atoms with Crippen molar-refractivity contribution in [1.82, 2.24) is 29.0 Å². The Morgan fingerprint density at radius 3 is 2.79 bits per heavy atom. The van der Waals surface area contributed by atoms with E-state index in [1.165, 1.54) is 11.5 Å². The molecule has 8 nitrogen and oxygen atoms in total. The van der Waals surface area contributed by atoms with Gasteiger partial charge in [0.1, 0.15) is 12.5 Å². The molecule has 1 atom stereocenters. The summed E-state index contributed by atoms with van der Waals surface area (Å²) < 4.78 is 24.3. The van der Waals surface area contributed by atoms with Gasteiger partial charge in [0.05, 0.1) is 22.7 Å². The van der Waals surface area contributed by atoms with Gasteiger partial charge in [-0.2, -0.15) is 4.37 Å². The lowest BCUT2D eigenvalue weighted by Crippen LogP contribution is -2.43. The van der Waals surface area contributed by atoms with Crippen LogP contribution in [0.25, 0.3) is 10.8 Å². The first-order chi connectivity index (χ1) is 16.1. The summed E-state index contributed by atoms with van der Waals surface area (Å²) >= 11 is 13.5. The smallest absolute Gasteiger partial charge is 0.254 e. The number of aromatic nitrogens is 5. The van der Waals surface area contributed by atoms with Crippen molar-refractivity contribution in [1.29, 1.82) is 0 Å². The number of rotatable bonds is 8. The Kier molecular flexibility index (Phi) is 6.60. The van der Waals surface area contributed by atoms with Crippen LogP contribution in [0.2, 0.25) is 10.0 Å². The van der Waals surface area contributed by atoms with Crippen molar-refractivity contribution in [2.24, 2.45) is 0 Å². The number of carbonyl (C=O) groups is 1. The van der Waals surface area contributed by atoms with Crippen LogP contribution in [0.1, 0.15) is 53.2 Å². The van der Waals surface area contributed by atoms with Crippen LogP contribution in [0, 0.1) is 0 Å². The fourth-order valence-electron chi connectivity index (χ4n) is 3.95. The van der Waals surface area contributed by atoms with Gasteiger partial charge in [-0.15, -0.1) is 10.2 Å². The first-order valence-electron chi connectivity index (χ1n) is 10.7. The van der Waals surface area contributed by atoms with E-state index in [4.69, 9.17) is 27.9 Å². The Labute approximate surface area is 203 Å².